The first kappa shape index (κ1) is 19.7. The standard InChI is InChI=1S/C21H23F2.Y/c1-15-5-7-16(8-6-15)9-10-17-11-12-20(21(23)13-17)18-3-2-4-19(22)14-18;/h2-3,11-16H,5-10H2,1H3;/q-1;. The Hall–Kier alpha value is -0.596. The summed E-state index contributed by atoms with van der Waals surface area (Å²) in [6, 6.07) is 12.3. The molecule has 0 saturated heterocycles. The van der Waals surface area contributed by atoms with Crippen molar-refractivity contribution in [3.63, 3.8) is 0 Å². The zero-order valence-corrected chi connectivity index (χ0v) is 17.0. The summed E-state index contributed by atoms with van der Waals surface area (Å²) in [7, 11) is 0. The molecule has 0 atom stereocenters. The topological polar surface area (TPSA) is 0 Å². The molecule has 125 valence electrons. The predicted molar refractivity (Wildman–Crippen MR) is 90.1 cm³/mol. The maximum atomic E-state index is 14.4. The van der Waals surface area contributed by atoms with Crippen molar-refractivity contribution < 1.29 is 41.5 Å². The summed E-state index contributed by atoms with van der Waals surface area (Å²) in [5, 5.41) is 0. The van der Waals surface area contributed by atoms with Crippen molar-refractivity contribution in [3.8, 4) is 11.1 Å². The average Bonchev–Trinajstić information content (AvgIpc) is 2.54. The van der Waals surface area contributed by atoms with Crippen LogP contribution in [0.1, 0.15) is 44.6 Å². The minimum Gasteiger partial charge on any atom is -0.236 e. The average molecular weight is 402 g/mol. The van der Waals surface area contributed by atoms with Crippen LogP contribution in [0.25, 0.3) is 11.1 Å². The van der Waals surface area contributed by atoms with Crippen molar-refractivity contribution in [2.45, 2.75) is 45.4 Å². The summed E-state index contributed by atoms with van der Waals surface area (Å²) in [6.07, 6.45) is 7.33. The summed E-state index contributed by atoms with van der Waals surface area (Å²) < 4.78 is 27.6. The number of benzene rings is 2. The van der Waals surface area contributed by atoms with E-state index in [1.54, 1.807) is 18.2 Å². The van der Waals surface area contributed by atoms with Gasteiger partial charge in [0.2, 0.25) is 0 Å². The van der Waals surface area contributed by atoms with Crippen molar-refractivity contribution in [1.29, 1.82) is 0 Å². The Kier molecular flexibility index (Phi) is 7.56. The van der Waals surface area contributed by atoms with Gasteiger partial charge in [-0.15, -0.1) is 17.7 Å². The van der Waals surface area contributed by atoms with Crippen LogP contribution in [0.5, 0.6) is 0 Å². The molecule has 0 nitrogen and oxygen atoms in total. The maximum Gasteiger partial charge on any atom is 0.129 e. The Balaban J connectivity index is 0.00000208. The first-order valence-corrected chi connectivity index (χ1v) is 8.58. The minimum absolute atomic E-state index is 0. The number of halogens is 2. The van der Waals surface area contributed by atoms with Crippen LogP contribution < -0.4 is 0 Å². The summed E-state index contributed by atoms with van der Waals surface area (Å²) in [5.41, 5.74) is 2.05. The van der Waals surface area contributed by atoms with Crippen molar-refractivity contribution in [1.82, 2.24) is 0 Å². The van der Waals surface area contributed by atoms with Crippen LogP contribution in [-0.4, -0.2) is 0 Å². The maximum absolute atomic E-state index is 14.4. The van der Waals surface area contributed by atoms with E-state index in [1.807, 2.05) is 6.07 Å². The first-order chi connectivity index (χ1) is 11.1. The monoisotopic (exact) mass is 402 g/mol. The molecule has 1 fully saturated rings. The quantitative estimate of drug-likeness (QED) is 0.535. The fraction of sp³-hybridized carbons (Fsp3) is 0.429. The van der Waals surface area contributed by atoms with Gasteiger partial charge in [-0.05, 0) is 41.9 Å². The van der Waals surface area contributed by atoms with Gasteiger partial charge in [0.1, 0.15) is 5.82 Å². The fourth-order valence-electron chi connectivity index (χ4n) is 3.54. The minimum atomic E-state index is -0.461. The van der Waals surface area contributed by atoms with Crippen molar-refractivity contribution >= 4 is 0 Å². The Morgan fingerprint density at radius 3 is 2.46 bits per heavy atom. The second kappa shape index (κ2) is 9.20. The molecule has 0 spiro atoms. The number of aryl methyl sites for hydroxylation is 1. The summed E-state index contributed by atoms with van der Waals surface area (Å²) >= 11 is 0. The zero-order chi connectivity index (χ0) is 16.2. The molecule has 3 rings (SSSR count). The second-order valence-electron chi connectivity index (χ2n) is 6.90. The van der Waals surface area contributed by atoms with Gasteiger partial charge < -0.3 is 0 Å². The van der Waals surface area contributed by atoms with E-state index in [2.05, 4.69) is 13.0 Å². The van der Waals surface area contributed by atoms with Crippen molar-refractivity contribution in [3.05, 3.63) is 59.7 Å². The Bertz CT molecular complexity index is 661. The predicted octanol–water partition coefficient (Wildman–Crippen LogP) is 6.19. The van der Waals surface area contributed by atoms with Crippen LogP contribution in [0, 0.1) is 29.5 Å². The Labute approximate surface area is 168 Å². The van der Waals surface area contributed by atoms with Crippen LogP contribution in [-0.2, 0) is 39.1 Å². The third-order valence-corrected chi connectivity index (χ3v) is 5.09. The summed E-state index contributed by atoms with van der Waals surface area (Å²) in [4.78, 5) is 0. The van der Waals surface area contributed by atoms with E-state index < -0.39 is 5.82 Å². The molecule has 1 aliphatic rings. The van der Waals surface area contributed by atoms with Crippen molar-refractivity contribution in [2.24, 2.45) is 11.8 Å². The molecular weight excluding hydrogens is 379 g/mol. The summed E-state index contributed by atoms with van der Waals surface area (Å²) in [6.45, 7) is 2.33. The molecule has 3 heteroatoms. The van der Waals surface area contributed by atoms with Gasteiger partial charge in [-0.3, -0.25) is 0 Å². The van der Waals surface area contributed by atoms with E-state index in [4.69, 9.17) is 0 Å². The SMILES string of the molecule is CC1CCC(CCc2ccc(-c3cc[c-]c(F)c3)c(F)c2)CC1.[Y]. The zero-order valence-electron chi connectivity index (χ0n) is 14.2. The van der Waals surface area contributed by atoms with E-state index in [9.17, 15) is 8.78 Å². The molecule has 0 aliphatic heterocycles. The van der Waals surface area contributed by atoms with Gasteiger partial charge in [0.25, 0.3) is 0 Å². The molecule has 1 aliphatic carbocycles. The molecule has 0 heterocycles. The van der Waals surface area contributed by atoms with Gasteiger partial charge in [0, 0.05) is 38.5 Å². The smallest absolute Gasteiger partial charge is 0.129 e. The molecular formula is C21H23F2Y-. The number of hydrogen-bond acceptors (Lipinski definition) is 0. The van der Waals surface area contributed by atoms with E-state index in [1.165, 1.54) is 37.8 Å². The van der Waals surface area contributed by atoms with Crippen LogP contribution >= 0.6 is 0 Å². The number of hydrogen-bond donors (Lipinski definition) is 0. The van der Waals surface area contributed by atoms with E-state index in [-0.39, 0.29) is 38.5 Å². The second-order valence-corrected chi connectivity index (χ2v) is 6.90. The number of rotatable bonds is 4. The van der Waals surface area contributed by atoms with Crippen LogP contribution in [0.15, 0.2) is 36.4 Å². The first-order valence-electron chi connectivity index (χ1n) is 8.58. The van der Waals surface area contributed by atoms with E-state index >= 15 is 0 Å². The molecule has 1 radical (unpaired) electrons. The molecule has 2 aromatic rings. The van der Waals surface area contributed by atoms with E-state index in [0.717, 1.165) is 30.2 Å². The Morgan fingerprint density at radius 2 is 1.79 bits per heavy atom. The normalized spacial score (nSPS) is 20.5. The van der Waals surface area contributed by atoms with Gasteiger partial charge in [-0.1, -0.05) is 44.7 Å². The molecule has 1 saturated carbocycles. The van der Waals surface area contributed by atoms with E-state index in [0.29, 0.717) is 11.1 Å². The Morgan fingerprint density at radius 1 is 1.04 bits per heavy atom. The van der Waals surface area contributed by atoms with Crippen LogP contribution in [0.2, 0.25) is 0 Å². The van der Waals surface area contributed by atoms with Gasteiger partial charge in [-0.2, -0.15) is 12.1 Å². The van der Waals surface area contributed by atoms with Gasteiger partial charge >= 0.3 is 0 Å². The van der Waals surface area contributed by atoms with Crippen LogP contribution in [0.4, 0.5) is 8.78 Å². The summed E-state index contributed by atoms with van der Waals surface area (Å²) in [5.74, 6) is 0.919. The largest absolute Gasteiger partial charge is 0.236 e. The third kappa shape index (κ3) is 5.20. The van der Waals surface area contributed by atoms with Gasteiger partial charge in [0.15, 0.2) is 0 Å². The molecule has 0 N–H and O–H groups in total. The third-order valence-electron chi connectivity index (χ3n) is 5.09. The molecule has 0 aromatic heterocycles. The van der Waals surface area contributed by atoms with Crippen molar-refractivity contribution in [2.75, 3.05) is 0 Å². The molecule has 2 aromatic carbocycles. The van der Waals surface area contributed by atoms with Gasteiger partial charge in [-0.25, -0.2) is 8.78 Å². The molecule has 0 bridgehead atoms. The van der Waals surface area contributed by atoms with Gasteiger partial charge in [0.05, 0.1) is 0 Å². The molecule has 24 heavy (non-hydrogen) atoms. The molecule has 0 unspecified atom stereocenters. The van der Waals surface area contributed by atoms with Crippen LogP contribution in [0.3, 0.4) is 0 Å². The molecule has 0 amide bonds. The fourth-order valence-corrected chi connectivity index (χ4v) is 3.54.